The molecule has 0 aliphatic rings. The number of ether oxygens (including phenoxy) is 3. The van der Waals surface area contributed by atoms with Crippen LogP contribution in [0.3, 0.4) is 0 Å². The Bertz CT molecular complexity index is 1380. The van der Waals surface area contributed by atoms with E-state index in [0.29, 0.717) is 19.3 Å². The maximum absolute atomic E-state index is 12.9. The summed E-state index contributed by atoms with van der Waals surface area (Å²) in [6.45, 7) is 6.49. The molecule has 0 saturated heterocycles. The van der Waals surface area contributed by atoms with Gasteiger partial charge in [-0.25, -0.2) is 0 Å². The van der Waals surface area contributed by atoms with E-state index in [2.05, 4.69) is 106 Å². The first-order valence-corrected chi connectivity index (χ1v) is 30.6. The number of carbonyl (C=O) groups is 3. The molecule has 1 atom stereocenters. The fourth-order valence-corrected chi connectivity index (χ4v) is 8.52. The zero-order valence-electron chi connectivity index (χ0n) is 47.4. The highest BCUT2D eigenvalue weighted by molar-refractivity contribution is 5.71. The first-order valence-electron chi connectivity index (χ1n) is 30.6. The molecule has 0 fully saturated rings. The number of carbonyl (C=O) groups excluding carboxylic acids is 3. The molecular weight excluding hydrogens is 889 g/mol. The average molecular weight is 1000 g/mol. The van der Waals surface area contributed by atoms with Gasteiger partial charge in [-0.2, -0.15) is 0 Å². The lowest BCUT2D eigenvalue weighted by atomic mass is 10.1. The fraction of sp³-hybridized carbons (Fsp3) is 0.742. The summed E-state index contributed by atoms with van der Waals surface area (Å²) in [5.41, 5.74) is 0. The first kappa shape index (κ1) is 68.6. The van der Waals surface area contributed by atoms with Crippen LogP contribution >= 0.6 is 0 Å². The molecule has 0 aromatic rings. The molecular formula is C66H114O6. The minimum atomic E-state index is -0.788. The van der Waals surface area contributed by atoms with E-state index in [-0.39, 0.29) is 31.1 Å². The van der Waals surface area contributed by atoms with Crippen LogP contribution in [0.2, 0.25) is 0 Å². The normalized spacial score (nSPS) is 12.7. The fourth-order valence-electron chi connectivity index (χ4n) is 8.52. The van der Waals surface area contributed by atoms with Crippen molar-refractivity contribution < 1.29 is 28.6 Å². The third kappa shape index (κ3) is 57.5. The lowest BCUT2D eigenvalue weighted by Gasteiger charge is -2.18. The van der Waals surface area contributed by atoms with Crippen LogP contribution in [-0.2, 0) is 28.6 Å². The van der Waals surface area contributed by atoms with E-state index in [4.69, 9.17) is 14.2 Å². The van der Waals surface area contributed by atoms with Gasteiger partial charge in [0, 0.05) is 19.3 Å². The number of hydrogen-bond acceptors (Lipinski definition) is 6. The maximum Gasteiger partial charge on any atom is 0.306 e. The first-order chi connectivity index (χ1) is 35.5. The lowest BCUT2D eigenvalue weighted by Crippen LogP contribution is -2.30. The predicted octanol–water partition coefficient (Wildman–Crippen LogP) is 20.7. The summed E-state index contributed by atoms with van der Waals surface area (Å²) in [4.78, 5) is 38.2. The van der Waals surface area contributed by atoms with Gasteiger partial charge in [0.25, 0.3) is 0 Å². The van der Waals surface area contributed by atoms with E-state index in [1.165, 1.54) is 154 Å². The van der Waals surface area contributed by atoms with Gasteiger partial charge in [0.15, 0.2) is 6.10 Å². The van der Waals surface area contributed by atoms with Gasteiger partial charge in [0.05, 0.1) is 0 Å². The summed E-state index contributed by atoms with van der Waals surface area (Å²) in [5, 5.41) is 0. The summed E-state index contributed by atoms with van der Waals surface area (Å²) < 4.78 is 16.9. The summed E-state index contributed by atoms with van der Waals surface area (Å²) in [7, 11) is 0. The highest BCUT2D eigenvalue weighted by Gasteiger charge is 2.19. The molecule has 0 amide bonds. The van der Waals surface area contributed by atoms with E-state index >= 15 is 0 Å². The molecule has 0 spiro atoms. The highest BCUT2D eigenvalue weighted by Crippen LogP contribution is 2.15. The third-order valence-electron chi connectivity index (χ3n) is 13.1. The molecule has 6 nitrogen and oxygen atoms in total. The summed E-state index contributed by atoms with van der Waals surface area (Å²) in [6.07, 6.45) is 78.7. The van der Waals surface area contributed by atoms with Gasteiger partial charge < -0.3 is 14.2 Å². The van der Waals surface area contributed by atoms with Crippen LogP contribution in [0.25, 0.3) is 0 Å². The quantitative estimate of drug-likeness (QED) is 0.0261. The second-order valence-electron chi connectivity index (χ2n) is 20.2. The predicted molar refractivity (Wildman–Crippen MR) is 311 cm³/mol. The monoisotopic (exact) mass is 1000 g/mol. The van der Waals surface area contributed by atoms with Gasteiger partial charge in [0.1, 0.15) is 13.2 Å². The van der Waals surface area contributed by atoms with Gasteiger partial charge in [-0.3, -0.25) is 14.4 Å². The topological polar surface area (TPSA) is 78.9 Å². The number of esters is 3. The van der Waals surface area contributed by atoms with Gasteiger partial charge >= 0.3 is 17.9 Å². The van der Waals surface area contributed by atoms with E-state index < -0.39 is 6.10 Å². The Kier molecular flexibility index (Phi) is 57.3. The van der Waals surface area contributed by atoms with Crippen molar-refractivity contribution in [1.29, 1.82) is 0 Å². The van der Waals surface area contributed by atoms with E-state index in [0.717, 1.165) is 103 Å². The van der Waals surface area contributed by atoms with Crippen molar-refractivity contribution >= 4 is 17.9 Å². The second kappa shape index (κ2) is 60.1. The molecule has 0 saturated carbocycles. The zero-order chi connectivity index (χ0) is 52.2. The Labute approximate surface area is 445 Å². The molecule has 0 aromatic heterocycles. The van der Waals surface area contributed by atoms with Crippen molar-refractivity contribution in [3.63, 3.8) is 0 Å². The van der Waals surface area contributed by atoms with Crippen LogP contribution in [-0.4, -0.2) is 37.2 Å². The molecule has 0 rings (SSSR count). The Balaban J connectivity index is 4.31. The Morgan fingerprint density at radius 3 is 0.889 bits per heavy atom. The standard InChI is InChI=1S/C66H114O6/c1-4-7-10-13-16-19-22-25-27-29-30-31-32-33-34-35-36-38-39-41-44-47-50-53-56-59-65(68)71-62-63(61-70-64(67)58-55-52-49-46-43-24-21-18-15-12-9-6-3)72-66(69)60-57-54-51-48-45-42-40-37-28-26-23-20-17-14-11-8-5-2/h8,11,17-18,20-22,25-26,28-30,32-33,63H,4-7,9-10,12-16,19,23-24,27,31,34-62H2,1-3H3/b11-8-,20-17-,21-18-,25-22-,28-26-,30-29-,33-32-. The average Bonchev–Trinajstić information content (AvgIpc) is 3.38. The summed E-state index contributed by atoms with van der Waals surface area (Å²) >= 11 is 0. The van der Waals surface area contributed by atoms with E-state index in [1.807, 2.05) is 0 Å². The molecule has 0 aliphatic carbocycles. The maximum atomic E-state index is 12.9. The largest absolute Gasteiger partial charge is 0.462 e. The van der Waals surface area contributed by atoms with Gasteiger partial charge in [0.2, 0.25) is 0 Å². The molecule has 0 heterocycles. The van der Waals surface area contributed by atoms with Gasteiger partial charge in [-0.15, -0.1) is 0 Å². The van der Waals surface area contributed by atoms with Crippen molar-refractivity contribution in [3.8, 4) is 0 Å². The summed E-state index contributed by atoms with van der Waals surface area (Å²) in [6, 6.07) is 0. The highest BCUT2D eigenvalue weighted by atomic mass is 16.6. The SMILES string of the molecule is CC/C=C\C/C=C\C/C=C\CCCCCCCCCC(=O)OC(COC(=O)CCCCCCC/C=C\CCCCC)COC(=O)CCCCCCCCCCCC/C=C\C/C=C\C/C=C\CCCCCCC. The zero-order valence-corrected chi connectivity index (χ0v) is 47.4. The molecule has 6 heteroatoms. The van der Waals surface area contributed by atoms with Crippen LogP contribution in [0, 0.1) is 0 Å². The van der Waals surface area contributed by atoms with Crippen molar-refractivity contribution in [2.24, 2.45) is 0 Å². The van der Waals surface area contributed by atoms with Gasteiger partial charge in [-0.05, 0) is 116 Å². The molecule has 0 N–H and O–H groups in total. The van der Waals surface area contributed by atoms with Crippen molar-refractivity contribution in [1.82, 2.24) is 0 Å². The second-order valence-corrected chi connectivity index (χ2v) is 20.2. The van der Waals surface area contributed by atoms with Crippen molar-refractivity contribution in [2.45, 2.75) is 303 Å². The summed E-state index contributed by atoms with van der Waals surface area (Å²) in [5.74, 6) is -0.900. The molecule has 0 bridgehead atoms. The van der Waals surface area contributed by atoms with Crippen LogP contribution in [0.5, 0.6) is 0 Å². The third-order valence-corrected chi connectivity index (χ3v) is 13.1. The smallest absolute Gasteiger partial charge is 0.306 e. The lowest BCUT2D eigenvalue weighted by molar-refractivity contribution is -0.167. The van der Waals surface area contributed by atoms with Crippen molar-refractivity contribution in [3.05, 3.63) is 85.1 Å². The molecule has 1 unspecified atom stereocenters. The van der Waals surface area contributed by atoms with E-state index in [9.17, 15) is 14.4 Å². The Morgan fingerprint density at radius 1 is 0.292 bits per heavy atom. The Morgan fingerprint density at radius 2 is 0.542 bits per heavy atom. The van der Waals surface area contributed by atoms with Gasteiger partial charge in [-0.1, -0.05) is 247 Å². The molecule has 72 heavy (non-hydrogen) atoms. The molecule has 0 aliphatic heterocycles. The van der Waals surface area contributed by atoms with Crippen LogP contribution in [0.1, 0.15) is 297 Å². The Hall–Kier alpha value is -3.41. The minimum absolute atomic E-state index is 0.0848. The number of unbranched alkanes of at least 4 members (excludes halogenated alkanes) is 30. The number of allylic oxidation sites excluding steroid dienone is 14. The minimum Gasteiger partial charge on any atom is -0.462 e. The number of rotatable bonds is 55. The molecule has 414 valence electrons. The molecule has 0 aromatic carbocycles. The number of hydrogen-bond donors (Lipinski definition) is 0. The molecule has 0 radical (unpaired) electrons. The van der Waals surface area contributed by atoms with Crippen LogP contribution < -0.4 is 0 Å². The van der Waals surface area contributed by atoms with E-state index in [1.54, 1.807) is 0 Å². The van der Waals surface area contributed by atoms with Crippen LogP contribution in [0.4, 0.5) is 0 Å². The van der Waals surface area contributed by atoms with Crippen LogP contribution in [0.15, 0.2) is 85.1 Å². The van der Waals surface area contributed by atoms with Crippen molar-refractivity contribution in [2.75, 3.05) is 13.2 Å².